The van der Waals surface area contributed by atoms with Crippen molar-refractivity contribution >= 4 is 11.8 Å². The third-order valence-electron chi connectivity index (χ3n) is 5.21. The average molecular weight is 371 g/mol. The van der Waals surface area contributed by atoms with E-state index in [-0.39, 0.29) is 17.6 Å². The zero-order chi connectivity index (χ0) is 19.0. The van der Waals surface area contributed by atoms with Gasteiger partial charge in [0.05, 0.1) is 6.20 Å². The summed E-state index contributed by atoms with van der Waals surface area (Å²) in [5.74, 6) is -0.411. The number of nitrogens with zero attached hydrogens (tertiary/aromatic N) is 4. The zero-order valence-corrected chi connectivity index (χ0v) is 15.1. The van der Waals surface area contributed by atoms with E-state index in [0.29, 0.717) is 38.3 Å². The van der Waals surface area contributed by atoms with E-state index in [2.05, 4.69) is 15.3 Å². The van der Waals surface area contributed by atoms with Gasteiger partial charge in [-0.2, -0.15) is 5.10 Å². The molecule has 142 valence electrons. The molecule has 0 saturated carbocycles. The van der Waals surface area contributed by atoms with Crippen LogP contribution in [0.4, 0.5) is 4.39 Å². The van der Waals surface area contributed by atoms with Crippen LogP contribution in [0.3, 0.4) is 0 Å². The lowest BCUT2D eigenvalue weighted by atomic mass is 10.0. The van der Waals surface area contributed by atoms with Crippen LogP contribution in [0.1, 0.15) is 18.9 Å². The first-order valence-electron chi connectivity index (χ1n) is 9.18. The second-order valence-corrected chi connectivity index (χ2v) is 7.00. The minimum atomic E-state index is -0.448. The largest absolute Gasteiger partial charge is 0.342 e. The van der Waals surface area contributed by atoms with E-state index in [0.717, 1.165) is 5.56 Å². The first-order chi connectivity index (χ1) is 13.1. The second kappa shape index (κ2) is 7.11. The van der Waals surface area contributed by atoms with Gasteiger partial charge in [-0.1, -0.05) is 19.1 Å². The molecule has 2 saturated heterocycles. The van der Waals surface area contributed by atoms with Crippen LogP contribution in [0, 0.1) is 5.82 Å². The van der Waals surface area contributed by atoms with Gasteiger partial charge >= 0.3 is 0 Å². The molecule has 7 nitrogen and oxygen atoms in total. The van der Waals surface area contributed by atoms with E-state index in [1.54, 1.807) is 35.5 Å². The summed E-state index contributed by atoms with van der Waals surface area (Å²) in [4.78, 5) is 28.6. The van der Waals surface area contributed by atoms with E-state index in [4.69, 9.17) is 0 Å². The van der Waals surface area contributed by atoms with E-state index in [9.17, 15) is 14.0 Å². The highest BCUT2D eigenvalue weighted by Crippen LogP contribution is 2.19. The molecule has 2 aliphatic rings. The van der Waals surface area contributed by atoms with Crippen molar-refractivity contribution in [3.63, 3.8) is 0 Å². The van der Waals surface area contributed by atoms with Gasteiger partial charge in [-0.15, -0.1) is 0 Å². The smallest absolute Gasteiger partial charge is 0.245 e. The third-order valence-corrected chi connectivity index (χ3v) is 5.21. The summed E-state index contributed by atoms with van der Waals surface area (Å²) in [5, 5.41) is 7.06. The lowest BCUT2D eigenvalue weighted by Gasteiger charge is -2.45. The van der Waals surface area contributed by atoms with Crippen LogP contribution in [-0.2, 0) is 16.1 Å². The van der Waals surface area contributed by atoms with Crippen molar-refractivity contribution in [1.82, 2.24) is 24.9 Å². The summed E-state index contributed by atoms with van der Waals surface area (Å²) in [6, 6.07) is 5.63. The molecule has 2 fully saturated rings. The van der Waals surface area contributed by atoms with Crippen molar-refractivity contribution in [2.45, 2.75) is 32.0 Å². The van der Waals surface area contributed by atoms with E-state index in [1.165, 1.54) is 10.7 Å². The van der Waals surface area contributed by atoms with Crippen molar-refractivity contribution in [3.8, 4) is 5.69 Å². The standard InChI is InChI=1S/C19H22FN5O2/c1-2-15-19(27)24-8-7-23(12-17(24)18(26)22-15)10-13-9-21-25(11-13)16-6-4-3-5-14(16)20/h3-6,9,11,15,17H,2,7-8,10,12H2,1H3,(H,22,26)/t15-,17+/m0/s1. The maximum Gasteiger partial charge on any atom is 0.245 e. The number of benzene rings is 1. The molecular formula is C19H22FN5O2. The molecule has 4 rings (SSSR count). The molecule has 2 amide bonds. The Bertz CT molecular complexity index is 867. The summed E-state index contributed by atoms with van der Waals surface area (Å²) in [6.07, 6.45) is 4.11. The Labute approximate surface area is 156 Å². The summed E-state index contributed by atoms with van der Waals surface area (Å²) in [5.41, 5.74) is 1.33. The molecule has 2 aliphatic heterocycles. The number of fused-ring (bicyclic) bond motifs is 1. The van der Waals surface area contributed by atoms with Gasteiger partial charge in [0.2, 0.25) is 11.8 Å². The number of rotatable bonds is 4. The summed E-state index contributed by atoms with van der Waals surface area (Å²) in [6.45, 7) is 4.20. The summed E-state index contributed by atoms with van der Waals surface area (Å²) in [7, 11) is 0. The van der Waals surface area contributed by atoms with Gasteiger partial charge in [-0.25, -0.2) is 9.07 Å². The Kier molecular flexibility index (Phi) is 4.65. The predicted molar refractivity (Wildman–Crippen MR) is 96.5 cm³/mol. The van der Waals surface area contributed by atoms with Crippen LogP contribution in [-0.4, -0.2) is 63.1 Å². The van der Waals surface area contributed by atoms with Gasteiger partial charge in [-0.3, -0.25) is 14.5 Å². The highest BCUT2D eigenvalue weighted by molar-refractivity contribution is 5.97. The quantitative estimate of drug-likeness (QED) is 0.868. The van der Waals surface area contributed by atoms with Crippen LogP contribution in [0.25, 0.3) is 5.69 Å². The van der Waals surface area contributed by atoms with Crippen LogP contribution in [0.15, 0.2) is 36.7 Å². The number of carbonyl (C=O) groups is 2. The predicted octanol–water partition coefficient (Wildman–Crippen LogP) is 0.933. The Morgan fingerprint density at radius 2 is 2.07 bits per heavy atom. The fourth-order valence-corrected chi connectivity index (χ4v) is 3.75. The number of nitrogens with one attached hydrogen (secondary N) is 1. The summed E-state index contributed by atoms with van der Waals surface area (Å²) < 4.78 is 15.4. The Balaban J connectivity index is 1.44. The fourth-order valence-electron chi connectivity index (χ4n) is 3.75. The molecule has 2 aromatic rings. The number of para-hydroxylation sites is 1. The SMILES string of the molecule is CC[C@@H]1NC(=O)[C@H]2CN(Cc3cnn(-c4ccccc4F)c3)CCN2C1=O. The van der Waals surface area contributed by atoms with Gasteiger partial charge in [0.1, 0.15) is 23.6 Å². The lowest BCUT2D eigenvalue weighted by Crippen LogP contribution is -2.68. The normalized spacial score (nSPS) is 23.3. The molecule has 1 aromatic carbocycles. The van der Waals surface area contributed by atoms with Crippen LogP contribution in [0.5, 0.6) is 0 Å². The molecule has 1 aromatic heterocycles. The Hall–Kier alpha value is -2.74. The van der Waals surface area contributed by atoms with Crippen molar-refractivity contribution in [1.29, 1.82) is 0 Å². The van der Waals surface area contributed by atoms with Crippen molar-refractivity contribution in [2.24, 2.45) is 0 Å². The van der Waals surface area contributed by atoms with Crippen molar-refractivity contribution < 1.29 is 14.0 Å². The number of aromatic nitrogens is 2. The highest BCUT2D eigenvalue weighted by atomic mass is 19.1. The van der Waals surface area contributed by atoms with E-state index >= 15 is 0 Å². The number of amides is 2. The molecule has 8 heteroatoms. The van der Waals surface area contributed by atoms with Crippen molar-refractivity contribution in [3.05, 3.63) is 48.0 Å². The molecule has 0 aliphatic carbocycles. The number of hydrogen-bond acceptors (Lipinski definition) is 4. The first-order valence-corrected chi connectivity index (χ1v) is 9.18. The topological polar surface area (TPSA) is 70.5 Å². The van der Waals surface area contributed by atoms with Crippen molar-refractivity contribution in [2.75, 3.05) is 19.6 Å². The maximum atomic E-state index is 13.9. The fraction of sp³-hybridized carbons (Fsp3) is 0.421. The molecule has 3 heterocycles. The molecule has 27 heavy (non-hydrogen) atoms. The number of carbonyl (C=O) groups excluding carboxylic acids is 2. The minimum absolute atomic E-state index is 0.00845. The van der Waals surface area contributed by atoms with E-state index in [1.807, 2.05) is 6.92 Å². The number of hydrogen-bond donors (Lipinski definition) is 1. The Morgan fingerprint density at radius 3 is 2.85 bits per heavy atom. The monoisotopic (exact) mass is 371 g/mol. The highest BCUT2D eigenvalue weighted by Gasteiger charge is 2.42. The van der Waals surface area contributed by atoms with Gasteiger partial charge in [0.15, 0.2) is 0 Å². The Morgan fingerprint density at radius 1 is 1.26 bits per heavy atom. The molecule has 1 N–H and O–H groups in total. The van der Waals surface area contributed by atoms with Gasteiger partial charge < -0.3 is 10.2 Å². The zero-order valence-electron chi connectivity index (χ0n) is 15.1. The number of piperazine rings is 2. The maximum absolute atomic E-state index is 13.9. The number of halogens is 1. The molecule has 2 atom stereocenters. The van der Waals surface area contributed by atoms with Crippen LogP contribution < -0.4 is 5.32 Å². The van der Waals surface area contributed by atoms with Crippen LogP contribution >= 0.6 is 0 Å². The third kappa shape index (κ3) is 3.32. The first kappa shape index (κ1) is 17.7. The van der Waals surface area contributed by atoms with Crippen LogP contribution in [0.2, 0.25) is 0 Å². The van der Waals surface area contributed by atoms with Gasteiger partial charge in [-0.05, 0) is 18.6 Å². The molecule has 0 spiro atoms. The molecule has 0 radical (unpaired) electrons. The van der Waals surface area contributed by atoms with Gasteiger partial charge in [0.25, 0.3) is 0 Å². The second-order valence-electron chi connectivity index (χ2n) is 7.00. The van der Waals surface area contributed by atoms with E-state index < -0.39 is 12.1 Å². The molecule has 0 bridgehead atoms. The average Bonchev–Trinajstić information content (AvgIpc) is 3.13. The lowest BCUT2D eigenvalue weighted by molar-refractivity contribution is -0.153. The molecular weight excluding hydrogens is 349 g/mol. The minimum Gasteiger partial charge on any atom is -0.342 e. The summed E-state index contributed by atoms with van der Waals surface area (Å²) >= 11 is 0. The van der Waals surface area contributed by atoms with Gasteiger partial charge in [0, 0.05) is 37.9 Å². The molecule has 0 unspecified atom stereocenters.